The van der Waals surface area contributed by atoms with Crippen molar-refractivity contribution in [1.82, 2.24) is 10.6 Å². The van der Waals surface area contributed by atoms with Crippen LogP contribution in [0.5, 0.6) is 0 Å². The first-order valence-corrected chi connectivity index (χ1v) is 9.18. The zero-order valence-electron chi connectivity index (χ0n) is 15.3. The van der Waals surface area contributed by atoms with Gasteiger partial charge >= 0.3 is 0 Å². The Kier molecular flexibility index (Phi) is 7.84. The topological polar surface area (TPSA) is 63.5 Å². The van der Waals surface area contributed by atoms with E-state index in [0.717, 1.165) is 62.7 Å². The monoisotopic (exact) mass is 339 g/mol. The van der Waals surface area contributed by atoms with Gasteiger partial charge < -0.3 is 15.5 Å². The lowest BCUT2D eigenvalue weighted by molar-refractivity contribution is 0.468. The number of anilines is 1. The largest absolute Gasteiger partial charge is 0.368 e. The standard InChI is InChI=1S/C20H29N5/c1-3-5-8-13-23-20(22-4-2)24-18-11-9-14-25(16-18)19-12-7-6-10-17(19)15-21/h3,5-7,10,12,18H,4,8-9,11,13-14,16H2,1-2H3,(H2,22,23,24)/b5-3+. The van der Waals surface area contributed by atoms with Gasteiger partial charge in [0.2, 0.25) is 0 Å². The van der Waals surface area contributed by atoms with E-state index in [1.807, 2.05) is 31.2 Å². The van der Waals surface area contributed by atoms with Gasteiger partial charge in [0, 0.05) is 32.2 Å². The maximum atomic E-state index is 9.34. The van der Waals surface area contributed by atoms with Gasteiger partial charge in [-0.05, 0) is 45.2 Å². The fourth-order valence-electron chi connectivity index (χ4n) is 3.09. The fraction of sp³-hybridized carbons (Fsp3) is 0.500. The SMILES string of the molecule is C/C=C/CCN=C(NCC)NC1CCCN(c2ccccc2C#N)C1. The van der Waals surface area contributed by atoms with E-state index in [1.54, 1.807) is 0 Å². The number of hydrogen-bond donors (Lipinski definition) is 2. The molecule has 0 aromatic heterocycles. The van der Waals surface area contributed by atoms with Gasteiger partial charge in [0.15, 0.2) is 5.96 Å². The second kappa shape index (κ2) is 10.4. The molecule has 0 radical (unpaired) electrons. The average Bonchev–Trinajstić information content (AvgIpc) is 2.65. The number of aliphatic imine (C=N–C) groups is 1. The number of rotatable bonds is 6. The van der Waals surface area contributed by atoms with Crippen LogP contribution < -0.4 is 15.5 Å². The van der Waals surface area contributed by atoms with Crippen LogP contribution in [0, 0.1) is 11.3 Å². The number of benzene rings is 1. The predicted octanol–water partition coefficient (Wildman–Crippen LogP) is 3.05. The fourth-order valence-corrected chi connectivity index (χ4v) is 3.09. The van der Waals surface area contributed by atoms with Crippen LogP contribution in [0.15, 0.2) is 41.4 Å². The van der Waals surface area contributed by atoms with Crippen LogP contribution in [0.4, 0.5) is 5.69 Å². The summed E-state index contributed by atoms with van der Waals surface area (Å²) < 4.78 is 0. The van der Waals surface area contributed by atoms with Gasteiger partial charge in [0.25, 0.3) is 0 Å². The molecule has 1 fully saturated rings. The molecule has 25 heavy (non-hydrogen) atoms. The van der Waals surface area contributed by atoms with Crippen molar-refractivity contribution in [3.8, 4) is 6.07 Å². The Morgan fingerprint density at radius 1 is 1.44 bits per heavy atom. The van der Waals surface area contributed by atoms with Crippen molar-refractivity contribution in [1.29, 1.82) is 5.26 Å². The Morgan fingerprint density at radius 2 is 2.28 bits per heavy atom. The molecule has 1 atom stereocenters. The Hall–Kier alpha value is -2.48. The molecule has 0 spiro atoms. The van der Waals surface area contributed by atoms with Crippen molar-refractivity contribution in [2.45, 2.75) is 39.2 Å². The summed E-state index contributed by atoms with van der Waals surface area (Å²) in [5.74, 6) is 0.882. The summed E-state index contributed by atoms with van der Waals surface area (Å²) in [6.07, 6.45) is 7.37. The van der Waals surface area contributed by atoms with E-state index in [-0.39, 0.29) is 0 Å². The third-order valence-electron chi connectivity index (χ3n) is 4.27. The lowest BCUT2D eigenvalue weighted by Gasteiger charge is -2.35. The quantitative estimate of drug-likeness (QED) is 0.362. The van der Waals surface area contributed by atoms with Crippen molar-refractivity contribution in [3.63, 3.8) is 0 Å². The minimum absolute atomic E-state index is 0.333. The van der Waals surface area contributed by atoms with Gasteiger partial charge in [0.1, 0.15) is 6.07 Å². The predicted molar refractivity (Wildman–Crippen MR) is 105 cm³/mol. The van der Waals surface area contributed by atoms with Gasteiger partial charge in [0.05, 0.1) is 11.3 Å². The summed E-state index contributed by atoms with van der Waals surface area (Å²) in [5, 5.41) is 16.2. The highest BCUT2D eigenvalue weighted by molar-refractivity contribution is 5.80. The van der Waals surface area contributed by atoms with Gasteiger partial charge in [-0.1, -0.05) is 24.3 Å². The summed E-state index contributed by atoms with van der Waals surface area (Å²) in [6, 6.07) is 10.5. The van der Waals surface area contributed by atoms with Crippen LogP contribution >= 0.6 is 0 Å². The number of piperidine rings is 1. The molecular formula is C20H29N5. The van der Waals surface area contributed by atoms with Crippen LogP contribution in [-0.4, -0.2) is 38.2 Å². The van der Waals surface area contributed by atoms with Gasteiger partial charge in [-0.25, -0.2) is 0 Å². The minimum Gasteiger partial charge on any atom is -0.368 e. The van der Waals surface area contributed by atoms with Gasteiger partial charge in [-0.15, -0.1) is 0 Å². The summed E-state index contributed by atoms with van der Waals surface area (Å²) in [4.78, 5) is 6.96. The Balaban J connectivity index is 2.00. The molecule has 5 heteroatoms. The Morgan fingerprint density at radius 3 is 3.04 bits per heavy atom. The van der Waals surface area contributed by atoms with E-state index in [2.05, 4.69) is 45.7 Å². The van der Waals surface area contributed by atoms with Crippen LogP contribution in [0.3, 0.4) is 0 Å². The first-order valence-electron chi connectivity index (χ1n) is 9.18. The van der Waals surface area contributed by atoms with Crippen LogP contribution in [0.25, 0.3) is 0 Å². The summed E-state index contributed by atoms with van der Waals surface area (Å²) in [6.45, 7) is 7.63. The summed E-state index contributed by atoms with van der Waals surface area (Å²) in [7, 11) is 0. The normalized spacial score (nSPS) is 18.2. The Bertz CT molecular complexity index is 629. The van der Waals surface area contributed by atoms with Gasteiger partial charge in [-0.2, -0.15) is 5.26 Å². The molecule has 1 unspecified atom stereocenters. The zero-order chi connectivity index (χ0) is 17.9. The highest BCUT2D eigenvalue weighted by Gasteiger charge is 2.22. The molecule has 1 aliphatic rings. The number of nitrogens with zero attached hydrogens (tertiary/aromatic N) is 3. The molecule has 0 bridgehead atoms. The number of hydrogen-bond acceptors (Lipinski definition) is 3. The average molecular weight is 339 g/mol. The van der Waals surface area contributed by atoms with Crippen molar-refractivity contribution in [2.75, 3.05) is 31.1 Å². The second-order valence-electron chi connectivity index (χ2n) is 6.18. The number of nitrogens with one attached hydrogen (secondary N) is 2. The molecule has 1 aliphatic heterocycles. The molecule has 1 heterocycles. The number of nitriles is 1. The molecule has 2 N–H and O–H groups in total. The molecule has 1 aromatic rings. The lowest BCUT2D eigenvalue weighted by atomic mass is 10.0. The van der Waals surface area contributed by atoms with E-state index >= 15 is 0 Å². The summed E-state index contributed by atoms with van der Waals surface area (Å²) in [5.41, 5.74) is 1.78. The first-order chi connectivity index (χ1) is 12.3. The minimum atomic E-state index is 0.333. The van der Waals surface area contributed by atoms with Crippen molar-refractivity contribution < 1.29 is 0 Å². The smallest absolute Gasteiger partial charge is 0.191 e. The summed E-state index contributed by atoms with van der Waals surface area (Å²) >= 11 is 0. The third-order valence-corrected chi connectivity index (χ3v) is 4.27. The molecular weight excluding hydrogens is 310 g/mol. The molecule has 0 aliphatic carbocycles. The first kappa shape index (κ1) is 18.9. The molecule has 5 nitrogen and oxygen atoms in total. The second-order valence-corrected chi connectivity index (χ2v) is 6.18. The van der Waals surface area contributed by atoms with E-state index in [1.165, 1.54) is 0 Å². The van der Waals surface area contributed by atoms with E-state index < -0.39 is 0 Å². The highest BCUT2D eigenvalue weighted by Crippen LogP contribution is 2.23. The number of guanidine groups is 1. The van der Waals surface area contributed by atoms with Crippen LogP contribution in [-0.2, 0) is 0 Å². The van der Waals surface area contributed by atoms with Crippen molar-refractivity contribution in [2.24, 2.45) is 4.99 Å². The molecule has 0 amide bonds. The number of para-hydroxylation sites is 1. The maximum Gasteiger partial charge on any atom is 0.191 e. The lowest BCUT2D eigenvalue weighted by Crippen LogP contribution is -2.51. The van der Waals surface area contributed by atoms with Crippen molar-refractivity contribution >= 4 is 11.6 Å². The number of allylic oxidation sites excluding steroid dienone is 1. The van der Waals surface area contributed by atoms with Crippen molar-refractivity contribution in [3.05, 3.63) is 42.0 Å². The maximum absolute atomic E-state index is 9.34. The third kappa shape index (κ3) is 5.82. The van der Waals surface area contributed by atoms with Crippen LogP contribution in [0.1, 0.15) is 38.7 Å². The molecule has 2 rings (SSSR count). The van der Waals surface area contributed by atoms with E-state index in [9.17, 15) is 5.26 Å². The van der Waals surface area contributed by atoms with E-state index in [4.69, 9.17) is 0 Å². The molecule has 0 saturated carbocycles. The highest BCUT2D eigenvalue weighted by atomic mass is 15.2. The zero-order valence-corrected chi connectivity index (χ0v) is 15.3. The van der Waals surface area contributed by atoms with E-state index in [0.29, 0.717) is 6.04 Å². The molecule has 134 valence electrons. The van der Waals surface area contributed by atoms with Gasteiger partial charge in [-0.3, -0.25) is 4.99 Å². The molecule has 1 saturated heterocycles. The Labute approximate surface area is 151 Å². The molecule has 1 aromatic carbocycles. The van der Waals surface area contributed by atoms with Crippen LogP contribution in [0.2, 0.25) is 0 Å².